The molecule has 8 heteroatoms. The Labute approximate surface area is 125 Å². The molecule has 122 valence electrons. The highest BCUT2D eigenvalue weighted by atomic mass is 16.4. The molecule has 0 radical (unpaired) electrons. The number of aliphatic hydroxyl groups excluding tert-OH is 5. The SMILES string of the molecule is O=C(O)[C@](O)(C(O)=Cc1ccccc1)[C@@H](O)[C@H](O)[C@H](O)CO. The van der Waals surface area contributed by atoms with Crippen LogP contribution >= 0.6 is 0 Å². The second-order valence-electron chi connectivity index (χ2n) is 4.70. The minimum absolute atomic E-state index is 0.337. The van der Waals surface area contributed by atoms with Gasteiger partial charge in [0.15, 0.2) is 0 Å². The number of aliphatic hydroxyl groups is 6. The fourth-order valence-electron chi connectivity index (χ4n) is 1.77. The van der Waals surface area contributed by atoms with Gasteiger partial charge in [0.2, 0.25) is 5.60 Å². The predicted octanol–water partition coefficient (Wildman–Crippen LogP) is -1.52. The minimum atomic E-state index is -3.26. The monoisotopic (exact) mass is 314 g/mol. The maximum atomic E-state index is 11.2. The van der Waals surface area contributed by atoms with E-state index in [-0.39, 0.29) is 0 Å². The van der Waals surface area contributed by atoms with Crippen LogP contribution in [0.15, 0.2) is 36.1 Å². The Kier molecular flexibility index (Phi) is 6.03. The fourth-order valence-corrected chi connectivity index (χ4v) is 1.77. The van der Waals surface area contributed by atoms with Crippen LogP contribution in [0.5, 0.6) is 0 Å². The van der Waals surface area contributed by atoms with Gasteiger partial charge in [0.25, 0.3) is 0 Å². The molecule has 1 rings (SSSR count). The second kappa shape index (κ2) is 7.34. The van der Waals surface area contributed by atoms with Crippen molar-refractivity contribution in [2.24, 2.45) is 0 Å². The largest absolute Gasteiger partial charge is 0.508 e. The Morgan fingerprint density at radius 1 is 1.14 bits per heavy atom. The highest BCUT2D eigenvalue weighted by Gasteiger charge is 2.52. The lowest BCUT2D eigenvalue weighted by Gasteiger charge is -2.32. The van der Waals surface area contributed by atoms with Gasteiger partial charge in [-0.05, 0) is 11.6 Å². The molecule has 0 saturated heterocycles. The van der Waals surface area contributed by atoms with Crippen molar-refractivity contribution in [3.63, 3.8) is 0 Å². The van der Waals surface area contributed by atoms with Gasteiger partial charge in [0, 0.05) is 0 Å². The van der Waals surface area contributed by atoms with Gasteiger partial charge in [-0.1, -0.05) is 30.3 Å². The molecule has 1 aromatic carbocycles. The summed E-state index contributed by atoms with van der Waals surface area (Å²) >= 11 is 0. The van der Waals surface area contributed by atoms with Crippen LogP contribution in [-0.4, -0.2) is 72.2 Å². The number of benzene rings is 1. The molecule has 0 aliphatic carbocycles. The lowest BCUT2D eigenvalue weighted by atomic mass is 9.87. The Morgan fingerprint density at radius 2 is 1.68 bits per heavy atom. The normalized spacial score (nSPS) is 19.0. The molecule has 0 unspecified atom stereocenters. The first-order valence-corrected chi connectivity index (χ1v) is 6.32. The standard InChI is InChI=1S/C14H18O8/c15-7-9(16)11(18)12(19)14(22,13(20)21)10(17)6-8-4-2-1-3-5-8/h1-6,9,11-12,15-19,22H,7H2,(H,20,21)/t9-,11-,12+,14+/m1/s1. The molecule has 0 saturated carbocycles. The van der Waals surface area contributed by atoms with Crippen molar-refractivity contribution < 1.29 is 40.5 Å². The second-order valence-corrected chi connectivity index (χ2v) is 4.70. The van der Waals surface area contributed by atoms with Gasteiger partial charge < -0.3 is 35.7 Å². The third-order valence-corrected chi connectivity index (χ3v) is 3.15. The summed E-state index contributed by atoms with van der Waals surface area (Å²) < 4.78 is 0. The van der Waals surface area contributed by atoms with Crippen LogP contribution in [-0.2, 0) is 4.79 Å². The molecule has 22 heavy (non-hydrogen) atoms. The third-order valence-electron chi connectivity index (χ3n) is 3.15. The van der Waals surface area contributed by atoms with E-state index in [4.69, 9.17) is 10.2 Å². The van der Waals surface area contributed by atoms with Gasteiger partial charge in [0.05, 0.1) is 6.61 Å². The van der Waals surface area contributed by atoms with Crippen LogP contribution in [0.1, 0.15) is 5.56 Å². The smallest absolute Gasteiger partial charge is 0.346 e. The van der Waals surface area contributed by atoms with E-state index >= 15 is 0 Å². The predicted molar refractivity (Wildman–Crippen MR) is 74.7 cm³/mol. The van der Waals surface area contributed by atoms with Crippen molar-refractivity contribution in [1.29, 1.82) is 0 Å². The Morgan fingerprint density at radius 3 is 2.14 bits per heavy atom. The lowest BCUT2D eigenvalue weighted by Crippen LogP contribution is -2.59. The van der Waals surface area contributed by atoms with Crippen molar-refractivity contribution in [3.05, 3.63) is 41.7 Å². The molecule has 1 aromatic rings. The summed E-state index contributed by atoms with van der Waals surface area (Å²) in [6.45, 7) is -0.975. The van der Waals surface area contributed by atoms with E-state index in [9.17, 15) is 30.3 Å². The molecule has 4 atom stereocenters. The molecule has 0 bridgehead atoms. The average Bonchev–Trinajstić information content (AvgIpc) is 2.52. The summed E-state index contributed by atoms with van der Waals surface area (Å²) in [6, 6.07) is 7.88. The summed E-state index contributed by atoms with van der Waals surface area (Å²) in [7, 11) is 0. The van der Waals surface area contributed by atoms with Gasteiger partial charge in [-0.15, -0.1) is 0 Å². The molecule has 0 spiro atoms. The van der Waals surface area contributed by atoms with Crippen LogP contribution in [0, 0.1) is 0 Å². The van der Waals surface area contributed by atoms with Crippen LogP contribution in [0.4, 0.5) is 0 Å². The molecule has 0 aliphatic heterocycles. The number of aliphatic carboxylic acids is 1. The van der Waals surface area contributed by atoms with Crippen molar-refractivity contribution in [1.82, 2.24) is 0 Å². The number of hydrogen-bond donors (Lipinski definition) is 7. The zero-order chi connectivity index (χ0) is 16.9. The van der Waals surface area contributed by atoms with E-state index in [1.807, 2.05) is 0 Å². The van der Waals surface area contributed by atoms with E-state index < -0.39 is 42.2 Å². The Hall–Kier alpha value is -1.97. The molecule has 7 N–H and O–H groups in total. The first kappa shape index (κ1) is 18.1. The summed E-state index contributed by atoms with van der Waals surface area (Å²) in [5, 5.41) is 66.4. The number of hydrogen-bond acceptors (Lipinski definition) is 7. The highest BCUT2D eigenvalue weighted by Crippen LogP contribution is 2.25. The molecular weight excluding hydrogens is 296 g/mol. The van der Waals surface area contributed by atoms with Gasteiger partial charge in [-0.3, -0.25) is 0 Å². The first-order valence-electron chi connectivity index (χ1n) is 6.32. The first-order chi connectivity index (χ1) is 10.2. The van der Waals surface area contributed by atoms with Crippen molar-refractivity contribution in [2.75, 3.05) is 6.61 Å². The van der Waals surface area contributed by atoms with Gasteiger partial charge >= 0.3 is 5.97 Å². The maximum absolute atomic E-state index is 11.2. The van der Waals surface area contributed by atoms with E-state index in [0.717, 1.165) is 6.08 Å². The van der Waals surface area contributed by atoms with Crippen LogP contribution in [0.2, 0.25) is 0 Å². The van der Waals surface area contributed by atoms with Crippen LogP contribution < -0.4 is 0 Å². The average molecular weight is 314 g/mol. The summed E-state index contributed by atoms with van der Waals surface area (Å²) in [5.74, 6) is -3.17. The van der Waals surface area contributed by atoms with Gasteiger partial charge in [0.1, 0.15) is 24.1 Å². The van der Waals surface area contributed by atoms with Crippen molar-refractivity contribution in [3.8, 4) is 0 Å². The van der Waals surface area contributed by atoms with E-state index in [1.54, 1.807) is 18.2 Å². The molecule has 0 fully saturated rings. The van der Waals surface area contributed by atoms with Crippen LogP contribution in [0.3, 0.4) is 0 Å². The molecule has 0 amide bonds. The number of carboxylic acid groups (broad SMARTS) is 1. The number of carboxylic acids is 1. The van der Waals surface area contributed by atoms with Crippen molar-refractivity contribution >= 4 is 12.0 Å². The summed E-state index contributed by atoms with van der Waals surface area (Å²) in [5.41, 5.74) is -2.92. The topological polar surface area (TPSA) is 159 Å². The summed E-state index contributed by atoms with van der Waals surface area (Å²) in [6.07, 6.45) is -5.68. The van der Waals surface area contributed by atoms with Crippen molar-refractivity contribution in [2.45, 2.75) is 23.9 Å². The quantitative estimate of drug-likeness (QED) is 0.299. The zero-order valence-electron chi connectivity index (χ0n) is 11.4. The van der Waals surface area contributed by atoms with E-state index in [2.05, 4.69) is 0 Å². The van der Waals surface area contributed by atoms with Gasteiger partial charge in [-0.25, -0.2) is 4.79 Å². The molecular formula is C14H18O8. The summed E-state index contributed by atoms with van der Waals surface area (Å²) in [4.78, 5) is 11.2. The number of carbonyl (C=O) groups is 1. The molecule has 0 aliphatic rings. The fraction of sp³-hybridized carbons (Fsp3) is 0.357. The Bertz CT molecular complexity index is 529. The van der Waals surface area contributed by atoms with Gasteiger partial charge in [-0.2, -0.15) is 0 Å². The highest BCUT2D eigenvalue weighted by molar-refractivity contribution is 5.83. The maximum Gasteiger partial charge on any atom is 0.346 e. The molecule has 8 nitrogen and oxygen atoms in total. The zero-order valence-corrected chi connectivity index (χ0v) is 11.4. The van der Waals surface area contributed by atoms with Crippen LogP contribution in [0.25, 0.3) is 6.08 Å². The minimum Gasteiger partial charge on any atom is -0.508 e. The van der Waals surface area contributed by atoms with E-state index in [1.165, 1.54) is 12.1 Å². The number of rotatable bonds is 7. The molecule has 0 aromatic heterocycles. The molecule has 0 heterocycles. The third kappa shape index (κ3) is 3.62. The van der Waals surface area contributed by atoms with E-state index in [0.29, 0.717) is 5.56 Å². The Balaban J connectivity index is 3.20. The lowest BCUT2D eigenvalue weighted by molar-refractivity contribution is -0.187.